The number of pyridine rings is 1. The fourth-order valence-corrected chi connectivity index (χ4v) is 2.93. The zero-order valence-electron chi connectivity index (χ0n) is 14.2. The molecule has 1 amide bonds. The summed E-state index contributed by atoms with van der Waals surface area (Å²) in [5.41, 5.74) is 1.04. The van der Waals surface area contributed by atoms with Gasteiger partial charge in [0.25, 0.3) is 5.91 Å². The molecule has 1 unspecified atom stereocenters. The van der Waals surface area contributed by atoms with Gasteiger partial charge in [0.2, 0.25) is 0 Å². The Kier molecular flexibility index (Phi) is 6.12. The van der Waals surface area contributed by atoms with Gasteiger partial charge in [0.15, 0.2) is 0 Å². The first kappa shape index (κ1) is 18.3. The Balaban J connectivity index is 1.79. The average Bonchev–Trinajstić information content (AvgIpc) is 3.14. The Morgan fingerprint density at radius 1 is 1.31 bits per heavy atom. The van der Waals surface area contributed by atoms with E-state index in [9.17, 15) is 13.6 Å². The first-order chi connectivity index (χ1) is 12.6. The molecule has 0 spiro atoms. The normalized spacial score (nSPS) is 16.7. The lowest BCUT2D eigenvalue weighted by molar-refractivity contribution is -0.0499. The number of alkyl halides is 2. The molecule has 0 aliphatic carbocycles. The summed E-state index contributed by atoms with van der Waals surface area (Å²) < 4.78 is 34.9. The minimum absolute atomic E-state index is 0.0249. The molecule has 138 valence electrons. The Morgan fingerprint density at radius 3 is 2.88 bits per heavy atom. The molecule has 0 saturated carbocycles. The standard InChI is InChI=1S/C19H20F2N2O3/c20-19(21)26-16-7-3-5-14(11-16)18(24)23(13-17-8-4-10-25-17)12-15-6-1-2-9-22-15/h1-3,5-7,9,11,17,19H,4,8,10,12-13H2. The number of aromatic nitrogens is 1. The Morgan fingerprint density at radius 2 is 2.19 bits per heavy atom. The second-order valence-electron chi connectivity index (χ2n) is 6.05. The van der Waals surface area contributed by atoms with Crippen molar-refractivity contribution in [2.75, 3.05) is 13.2 Å². The molecule has 7 heteroatoms. The van der Waals surface area contributed by atoms with E-state index in [1.54, 1.807) is 23.2 Å². The molecule has 1 aliphatic heterocycles. The van der Waals surface area contributed by atoms with Crippen LogP contribution in [0.15, 0.2) is 48.7 Å². The van der Waals surface area contributed by atoms with Crippen molar-refractivity contribution in [1.82, 2.24) is 9.88 Å². The third kappa shape index (κ3) is 4.98. The van der Waals surface area contributed by atoms with E-state index in [0.29, 0.717) is 19.7 Å². The predicted molar refractivity (Wildman–Crippen MR) is 91.0 cm³/mol. The van der Waals surface area contributed by atoms with Crippen molar-refractivity contribution in [3.63, 3.8) is 0 Å². The molecule has 0 N–H and O–H groups in total. The lowest BCUT2D eigenvalue weighted by Gasteiger charge is -2.25. The van der Waals surface area contributed by atoms with Crippen molar-refractivity contribution in [2.24, 2.45) is 0 Å². The number of carbonyl (C=O) groups excluding carboxylic acids is 1. The summed E-state index contributed by atoms with van der Waals surface area (Å²) in [4.78, 5) is 18.9. The third-order valence-corrected chi connectivity index (χ3v) is 4.12. The minimum atomic E-state index is -2.93. The number of benzene rings is 1. The number of amides is 1. The Labute approximate surface area is 150 Å². The van der Waals surface area contributed by atoms with E-state index >= 15 is 0 Å². The lowest BCUT2D eigenvalue weighted by Crippen LogP contribution is -2.37. The number of rotatable bonds is 7. The second kappa shape index (κ2) is 8.71. The second-order valence-corrected chi connectivity index (χ2v) is 6.05. The van der Waals surface area contributed by atoms with Gasteiger partial charge < -0.3 is 14.4 Å². The van der Waals surface area contributed by atoms with Crippen LogP contribution in [0.3, 0.4) is 0 Å². The van der Waals surface area contributed by atoms with Crippen LogP contribution in [0.5, 0.6) is 5.75 Å². The van der Waals surface area contributed by atoms with Gasteiger partial charge in [0.1, 0.15) is 5.75 Å². The highest BCUT2D eigenvalue weighted by molar-refractivity contribution is 5.94. The van der Waals surface area contributed by atoms with Gasteiger partial charge in [-0.2, -0.15) is 8.78 Å². The molecular formula is C19H20F2N2O3. The summed E-state index contributed by atoms with van der Waals surface area (Å²) >= 11 is 0. The molecule has 1 aliphatic rings. The van der Waals surface area contributed by atoms with Gasteiger partial charge in [-0.3, -0.25) is 9.78 Å². The molecule has 0 radical (unpaired) electrons. The maximum absolute atomic E-state index is 13.0. The van der Waals surface area contributed by atoms with Crippen LogP contribution in [-0.2, 0) is 11.3 Å². The Bertz CT molecular complexity index is 722. The third-order valence-electron chi connectivity index (χ3n) is 4.12. The van der Waals surface area contributed by atoms with Crippen molar-refractivity contribution in [3.8, 4) is 5.75 Å². The number of carbonyl (C=O) groups is 1. The van der Waals surface area contributed by atoms with Gasteiger partial charge in [-0.15, -0.1) is 0 Å². The first-order valence-electron chi connectivity index (χ1n) is 8.47. The molecule has 1 atom stereocenters. The molecule has 2 heterocycles. The molecule has 0 bridgehead atoms. The molecule has 26 heavy (non-hydrogen) atoms. The van der Waals surface area contributed by atoms with E-state index in [1.165, 1.54) is 18.2 Å². The van der Waals surface area contributed by atoms with Gasteiger partial charge in [-0.05, 0) is 43.2 Å². The average molecular weight is 362 g/mol. The fraction of sp³-hybridized carbons (Fsp3) is 0.368. The predicted octanol–water partition coefficient (Wildman–Crippen LogP) is 3.50. The van der Waals surface area contributed by atoms with Crippen LogP contribution >= 0.6 is 0 Å². The highest BCUT2D eigenvalue weighted by Gasteiger charge is 2.24. The maximum atomic E-state index is 13.0. The van der Waals surface area contributed by atoms with Gasteiger partial charge >= 0.3 is 6.61 Å². The van der Waals surface area contributed by atoms with Crippen LogP contribution in [0.1, 0.15) is 28.9 Å². The molecule has 1 aromatic carbocycles. The van der Waals surface area contributed by atoms with E-state index in [4.69, 9.17) is 4.74 Å². The minimum Gasteiger partial charge on any atom is -0.435 e. The smallest absolute Gasteiger partial charge is 0.387 e. The zero-order valence-corrected chi connectivity index (χ0v) is 14.2. The molecule has 1 aromatic heterocycles. The van der Waals surface area contributed by atoms with Crippen molar-refractivity contribution in [2.45, 2.75) is 32.1 Å². The number of ether oxygens (including phenoxy) is 2. The summed E-state index contributed by atoms with van der Waals surface area (Å²) in [7, 11) is 0. The highest BCUT2D eigenvalue weighted by atomic mass is 19.3. The highest BCUT2D eigenvalue weighted by Crippen LogP contribution is 2.20. The van der Waals surface area contributed by atoms with Crippen LogP contribution in [-0.4, -0.2) is 41.7 Å². The van der Waals surface area contributed by atoms with E-state index in [0.717, 1.165) is 18.5 Å². The van der Waals surface area contributed by atoms with Crippen LogP contribution in [0.25, 0.3) is 0 Å². The number of hydrogen-bond acceptors (Lipinski definition) is 4. The zero-order chi connectivity index (χ0) is 18.4. The Hall–Kier alpha value is -2.54. The van der Waals surface area contributed by atoms with Crippen molar-refractivity contribution in [3.05, 3.63) is 59.9 Å². The molecule has 5 nitrogen and oxygen atoms in total. The molecule has 1 fully saturated rings. The SMILES string of the molecule is O=C(c1cccc(OC(F)F)c1)N(Cc1ccccn1)CC1CCCO1. The summed E-state index contributed by atoms with van der Waals surface area (Å²) in [6.45, 7) is -1.50. The molecule has 2 aromatic rings. The number of hydrogen-bond donors (Lipinski definition) is 0. The van der Waals surface area contributed by atoms with E-state index < -0.39 is 6.61 Å². The largest absolute Gasteiger partial charge is 0.435 e. The molecular weight excluding hydrogens is 342 g/mol. The van der Waals surface area contributed by atoms with Crippen molar-refractivity contribution in [1.29, 1.82) is 0 Å². The van der Waals surface area contributed by atoms with E-state index in [1.807, 2.05) is 12.1 Å². The van der Waals surface area contributed by atoms with E-state index in [2.05, 4.69) is 9.72 Å². The van der Waals surface area contributed by atoms with Crippen LogP contribution in [0.4, 0.5) is 8.78 Å². The summed E-state index contributed by atoms with van der Waals surface area (Å²) in [5, 5.41) is 0. The summed E-state index contributed by atoms with van der Waals surface area (Å²) in [6.07, 6.45) is 3.50. The van der Waals surface area contributed by atoms with Crippen LogP contribution in [0, 0.1) is 0 Å². The van der Waals surface area contributed by atoms with E-state index in [-0.39, 0.29) is 23.3 Å². The first-order valence-corrected chi connectivity index (χ1v) is 8.47. The lowest BCUT2D eigenvalue weighted by atomic mass is 10.1. The van der Waals surface area contributed by atoms with Gasteiger partial charge in [-0.25, -0.2) is 0 Å². The molecule has 3 rings (SSSR count). The topological polar surface area (TPSA) is 51.7 Å². The fourth-order valence-electron chi connectivity index (χ4n) is 2.93. The van der Waals surface area contributed by atoms with Crippen molar-refractivity contribution < 1.29 is 23.0 Å². The summed E-state index contributed by atoms with van der Waals surface area (Å²) in [5.74, 6) is -0.313. The molecule has 1 saturated heterocycles. The number of nitrogens with zero attached hydrogens (tertiary/aromatic N) is 2. The monoisotopic (exact) mass is 362 g/mol. The van der Waals surface area contributed by atoms with Crippen LogP contribution in [0.2, 0.25) is 0 Å². The number of halogens is 2. The van der Waals surface area contributed by atoms with Crippen LogP contribution < -0.4 is 4.74 Å². The van der Waals surface area contributed by atoms with Crippen molar-refractivity contribution >= 4 is 5.91 Å². The van der Waals surface area contributed by atoms with Gasteiger partial charge in [0.05, 0.1) is 18.3 Å². The summed E-state index contributed by atoms with van der Waals surface area (Å²) in [6, 6.07) is 11.3. The maximum Gasteiger partial charge on any atom is 0.387 e. The quantitative estimate of drug-likeness (QED) is 0.756. The van der Waals surface area contributed by atoms with Gasteiger partial charge in [0, 0.05) is 24.9 Å². The van der Waals surface area contributed by atoms with Gasteiger partial charge in [-0.1, -0.05) is 12.1 Å².